The average Bonchev–Trinajstić information content (AvgIpc) is 2.37. The number of nitrogen functional groups attached to an aromatic ring is 1. The normalized spacial score (nSPS) is 10.2. The van der Waals surface area contributed by atoms with Crippen LogP contribution in [0.25, 0.3) is 0 Å². The first kappa shape index (κ1) is 12.8. The van der Waals surface area contributed by atoms with Crippen molar-refractivity contribution in [2.24, 2.45) is 0 Å². The lowest BCUT2D eigenvalue weighted by Crippen LogP contribution is -2.00. The highest BCUT2D eigenvalue weighted by molar-refractivity contribution is 5.59. The van der Waals surface area contributed by atoms with Crippen LogP contribution in [0.1, 0.15) is 5.56 Å². The van der Waals surface area contributed by atoms with E-state index in [0.717, 1.165) is 0 Å². The molecule has 0 aliphatic heterocycles. The third kappa shape index (κ3) is 2.98. The van der Waals surface area contributed by atoms with E-state index in [1.54, 1.807) is 12.1 Å². The summed E-state index contributed by atoms with van der Waals surface area (Å²) in [5.41, 5.74) is 6.08. The molecule has 2 rings (SSSR count). The second-order valence-corrected chi connectivity index (χ2v) is 3.87. The summed E-state index contributed by atoms with van der Waals surface area (Å²) in [5.74, 6) is -0.336. The third-order valence-electron chi connectivity index (χ3n) is 2.52. The van der Waals surface area contributed by atoms with Crippen LogP contribution in [0.2, 0.25) is 0 Å². The number of hydrogen-bond donors (Lipinski definition) is 1. The number of anilines is 1. The summed E-state index contributed by atoms with van der Waals surface area (Å²) in [6.07, 6.45) is 0. The van der Waals surface area contributed by atoms with Crippen LogP contribution in [0, 0.1) is 15.9 Å². The summed E-state index contributed by atoms with van der Waals surface area (Å²) in [6, 6.07) is 10.3. The number of benzene rings is 2. The molecule has 0 amide bonds. The van der Waals surface area contributed by atoms with Gasteiger partial charge in [-0.1, -0.05) is 12.1 Å². The zero-order chi connectivity index (χ0) is 13.8. The van der Waals surface area contributed by atoms with Crippen LogP contribution in [-0.2, 0) is 6.61 Å². The second kappa shape index (κ2) is 5.34. The van der Waals surface area contributed by atoms with Gasteiger partial charge in [0.2, 0.25) is 0 Å². The predicted molar refractivity (Wildman–Crippen MR) is 68.2 cm³/mol. The lowest BCUT2D eigenvalue weighted by Gasteiger charge is -2.07. The number of rotatable bonds is 4. The fourth-order valence-corrected chi connectivity index (χ4v) is 1.58. The largest absolute Gasteiger partial charge is 0.486 e. The number of nitro groups is 1. The molecule has 2 aromatic rings. The Morgan fingerprint density at radius 2 is 2.00 bits per heavy atom. The molecular weight excluding hydrogens is 251 g/mol. The van der Waals surface area contributed by atoms with Crippen molar-refractivity contribution in [2.75, 3.05) is 5.73 Å². The molecule has 0 fully saturated rings. The van der Waals surface area contributed by atoms with Gasteiger partial charge in [-0.3, -0.25) is 10.1 Å². The van der Waals surface area contributed by atoms with Crippen molar-refractivity contribution in [3.05, 3.63) is 64.0 Å². The van der Waals surface area contributed by atoms with Gasteiger partial charge in [0.1, 0.15) is 12.3 Å². The average molecular weight is 262 g/mol. The molecule has 0 aromatic heterocycles. The fourth-order valence-electron chi connectivity index (χ4n) is 1.58. The van der Waals surface area contributed by atoms with E-state index < -0.39 is 10.7 Å². The number of nitro benzene ring substituents is 1. The Hall–Kier alpha value is -2.63. The zero-order valence-corrected chi connectivity index (χ0v) is 9.88. The third-order valence-corrected chi connectivity index (χ3v) is 2.52. The van der Waals surface area contributed by atoms with Crippen molar-refractivity contribution in [3.63, 3.8) is 0 Å². The molecule has 19 heavy (non-hydrogen) atoms. The van der Waals surface area contributed by atoms with Crippen LogP contribution in [0.3, 0.4) is 0 Å². The molecule has 0 radical (unpaired) electrons. The Kier molecular flexibility index (Phi) is 3.61. The van der Waals surface area contributed by atoms with Crippen LogP contribution in [-0.4, -0.2) is 4.92 Å². The van der Waals surface area contributed by atoms with Gasteiger partial charge in [-0.15, -0.1) is 0 Å². The van der Waals surface area contributed by atoms with Crippen molar-refractivity contribution in [3.8, 4) is 5.75 Å². The van der Waals surface area contributed by atoms with E-state index in [0.29, 0.717) is 5.56 Å². The fraction of sp³-hybridized carbons (Fsp3) is 0.0769. The van der Waals surface area contributed by atoms with E-state index in [9.17, 15) is 14.5 Å². The van der Waals surface area contributed by atoms with E-state index >= 15 is 0 Å². The summed E-state index contributed by atoms with van der Waals surface area (Å²) in [4.78, 5) is 10.0. The Labute approximate surface area is 108 Å². The molecular formula is C13H11FN2O3. The molecule has 6 heteroatoms. The minimum atomic E-state index is -0.559. The number of halogens is 1. The van der Waals surface area contributed by atoms with Crippen molar-refractivity contribution in [1.29, 1.82) is 0 Å². The first-order chi connectivity index (χ1) is 9.08. The van der Waals surface area contributed by atoms with Gasteiger partial charge in [0.25, 0.3) is 5.69 Å². The summed E-state index contributed by atoms with van der Waals surface area (Å²) < 4.78 is 18.6. The Balaban J connectivity index is 2.11. The van der Waals surface area contributed by atoms with E-state index in [-0.39, 0.29) is 23.7 Å². The van der Waals surface area contributed by atoms with Crippen LogP contribution < -0.4 is 10.5 Å². The van der Waals surface area contributed by atoms with Gasteiger partial charge in [-0.05, 0) is 29.8 Å². The maximum Gasteiger partial charge on any atom is 0.292 e. The minimum Gasteiger partial charge on any atom is -0.486 e. The molecule has 2 aromatic carbocycles. The van der Waals surface area contributed by atoms with Crippen LogP contribution in [0.15, 0.2) is 42.5 Å². The maximum absolute atomic E-state index is 13.3. The highest BCUT2D eigenvalue weighted by atomic mass is 19.1. The maximum atomic E-state index is 13.3. The highest BCUT2D eigenvalue weighted by Crippen LogP contribution is 2.23. The highest BCUT2D eigenvalue weighted by Gasteiger charge is 2.11. The van der Waals surface area contributed by atoms with Crippen molar-refractivity contribution < 1.29 is 14.1 Å². The number of hydrogen-bond acceptors (Lipinski definition) is 4. The van der Waals surface area contributed by atoms with Gasteiger partial charge < -0.3 is 10.5 Å². The summed E-state index contributed by atoms with van der Waals surface area (Å²) in [7, 11) is 0. The molecule has 0 atom stereocenters. The molecule has 0 saturated heterocycles. The Bertz CT molecular complexity index is 617. The summed E-state index contributed by atoms with van der Waals surface area (Å²) in [6.45, 7) is 0.0864. The Morgan fingerprint density at radius 3 is 2.63 bits per heavy atom. The smallest absolute Gasteiger partial charge is 0.292 e. The standard InChI is InChI=1S/C13H11FN2O3/c14-10-3-1-2-4-13(10)19-8-9-5-6-12(16(17)18)11(15)7-9/h1-7H,8,15H2. The molecule has 2 N–H and O–H groups in total. The van der Waals surface area contributed by atoms with Crippen LogP contribution in [0.4, 0.5) is 15.8 Å². The van der Waals surface area contributed by atoms with Crippen molar-refractivity contribution in [2.45, 2.75) is 6.61 Å². The minimum absolute atomic E-state index is 0.0552. The number of para-hydroxylation sites is 1. The number of nitrogens with zero attached hydrogens (tertiary/aromatic N) is 1. The summed E-state index contributed by atoms with van der Waals surface area (Å²) in [5, 5.41) is 10.6. The first-order valence-corrected chi connectivity index (χ1v) is 5.48. The van der Waals surface area contributed by atoms with Crippen LogP contribution >= 0.6 is 0 Å². The van der Waals surface area contributed by atoms with Gasteiger partial charge in [-0.25, -0.2) is 4.39 Å². The van der Waals surface area contributed by atoms with Gasteiger partial charge in [0.05, 0.1) is 4.92 Å². The Morgan fingerprint density at radius 1 is 1.26 bits per heavy atom. The molecule has 0 aliphatic carbocycles. The predicted octanol–water partition coefficient (Wildman–Crippen LogP) is 2.90. The zero-order valence-electron chi connectivity index (χ0n) is 9.88. The monoisotopic (exact) mass is 262 g/mol. The lowest BCUT2D eigenvalue weighted by atomic mass is 10.2. The SMILES string of the molecule is Nc1cc(COc2ccccc2F)ccc1[N+](=O)[O-]. The molecule has 98 valence electrons. The van der Waals surface area contributed by atoms with Crippen LogP contribution in [0.5, 0.6) is 5.75 Å². The molecule has 0 aliphatic rings. The van der Waals surface area contributed by atoms with Gasteiger partial charge in [0, 0.05) is 6.07 Å². The van der Waals surface area contributed by atoms with E-state index in [1.165, 1.54) is 30.3 Å². The molecule has 0 unspecified atom stereocenters. The number of nitrogens with two attached hydrogens (primary N) is 1. The molecule has 0 bridgehead atoms. The quantitative estimate of drug-likeness (QED) is 0.522. The van der Waals surface area contributed by atoms with Gasteiger partial charge >= 0.3 is 0 Å². The van der Waals surface area contributed by atoms with E-state index in [4.69, 9.17) is 10.5 Å². The molecule has 0 saturated carbocycles. The lowest BCUT2D eigenvalue weighted by molar-refractivity contribution is -0.383. The van der Waals surface area contributed by atoms with Gasteiger partial charge in [0.15, 0.2) is 11.6 Å². The van der Waals surface area contributed by atoms with E-state index in [1.807, 2.05) is 0 Å². The second-order valence-electron chi connectivity index (χ2n) is 3.87. The molecule has 0 spiro atoms. The molecule has 5 nitrogen and oxygen atoms in total. The summed E-state index contributed by atoms with van der Waals surface area (Å²) >= 11 is 0. The molecule has 0 heterocycles. The van der Waals surface area contributed by atoms with Crippen molar-refractivity contribution >= 4 is 11.4 Å². The number of ether oxygens (including phenoxy) is 1. The van der Waals surface area contributed by atoms with E-state index in [2.05, 4.69) is 0 Å². The van der Waals surface area contributed by atoms with Gasteiger partial charge in [-0.2, -0.15) is 0 Å². The first-order valence-electron chi connectivity index (χ1n) is 5.48. The topological polar surface area (TPSA) is 78.4 Å². The van der Waals surface area contributed by atoms with Crippen molar-refractivity contribution in [1.82, 2.24) is 0 Å².